The van der Waals surface area contributed by atoms with Crippen LogP contribution in [-0.4, -0.2) is 14.5 Å². The molecule has 15 heavy (non-hydrogen) atoms. The first-order valence-electron chi connectivity index (χ1n) is 4.73. The number of imidazole rings is 1. The van der Waals surface area contributed by atoms with E-state index in [4.69, 9.17) is 0 Å². The van der Waals surface area contributed by atoms with Crippen LogP contribution >= 0.6 is 15.9 Å². The smallest absolute Gasteiger partial charge is 0.138 e. The maximum absolute atomic E-state index is 4.46. The Morgan fingerprint density at radius 3 is 2.73 bits per heavy atom. The van der Waals surface area contributed by atoms with E-state index in [-0.39, 0.29) is 0 Å². The number of hydrogen-bond donors (Lipinski definition) is 0. The molecule has 0 aliphatic heterocycles. The molecule has 0 saturated heterocycles. The average Bonchev–Trinajstić information content (AvgIpc) is 2.64. The largest absolute Gasteiger partial charge is 0.290 e. The average molecular weight is 266 g/mol. The van der Waals surface area contributed by atoms with Crippen LogP contribution in [0.2, 0.25) is 0 Å². The molecule has 0 unspecified atom stereocenters. The second-order valence-corrected chi connectivity index (χ2v) is 4.11. The molecule has 0 fully saturated rings. The van der Waals surface area contributed by atoms with Crippen molar-refractivity contribution in [2.45, 2.75) is 19.2 Å². The summed E-state index contributed by atoms with van der Waals surface area (Å²) in [5.41, 5.74) is 3.25. The van der Waals surface area contributed by atoms with E-state index < -0.39 is 0 Å². The van der Waals surface area contributed by atoms with Gasteiger partial charge in [-0.25, -0.2) is 9.97 Å². The molecule has 2 aromatic heterocycles. The molecule has 0 amide bonds. The molecule has 78 valence electrons. The molecule has 0 bridgehead atoms. The molecule has 2 rings (SSSR count). The van der Waals surface area contributed by atoms with Gasteiger partial charge in [-0.15, -0.1) is 0 Å². The van der Waals surface area contributed by atoms with E-state index in [1.165, 1.54) is 5.56 Å². The van der Waals surface area contributed by atoms with Crippen LogP contribution in [0.25, 0.3) is 5.82 Å². The second-order valence-electron chi connectivity index (χ2n) is 3.55. The van der Waals surface area contributed by atoms with Gasteiger partial charge in [0, 0.05) is 17.2 Å². The van der Waals surface area contributed by atoms with E-state index in [9.17, 15) is 0 Å². The van der Waals surface area contributed by atoms with Crippen molar-refractivity contribution in [1.82, 2.24) is 14.5 Å². The zero-order valence-corrected chi connectivity index (χ0v) is 10.3. The van der Waals surface area contributed by atoms with Crippen LogP contribution in [0.3, 0.4) is 0 Å². The van der Waals surface area contributed by atoms with Crippen molar-refractivity contribution in [1.29, 1.82) is 0 Å². The second kappa shape index (κ2) is 4.14. The van der Waals surface area contributed by atoms with Crippen molar-refractivity contribution in [2.24, 2.45) is 0 Å². The molecule has 3 nitrogen and oxygen atoms in total. The van der Waals surface area contributed by atoms with Gasteiger partial charge in [0.15, 0.2) is 0 Å². The summed E-state index contributed by atoms with van der Waals surface area (Å²) in [6.07, 6.45) is 3.77. The molecule has 0 radical (unpaired) electrons. The Hall–Kier alpha value is -1.16. The first-order chi connectivity index (χ1) is 7.19. The Morgan fingerprint density at radius 1 is 1.33 bits per heavy atom. The number of pyridine rings is 1. The fourth-order valence-electron chi connectivity index (χ4n) is 1.51. The van der Waals surface area contributed by atoms with Crippen molar-refractivity contribution >= 4 is 15.9 Å². The van der Waals surface area contributed by atoms with Crippen molar-refractivity contribution < 1.29 is 0 Å². The number of aryl methyl sites for hydroxylation is 2. The van der Waals surface area contributed by atoms with Crippen LogP contribution in [0.1, 0.15) is 17.0 Å². The Morgan fingerprint density at radius 2 is 2.13 bits per heavy atom. The highest BCUT2D eigenvalue weighted by molar-refractivity contribution is 9.08. The fourth-order valence-corrected chi connectivity index (χ4v) is 1.80. The standard InChI is InChI=1S/C11H12BrN3/c1-8-3-9(2)14-11(4-8)15-6-10(5-12)13-7-15/h3-4,6-7H,5H2,1-2H3. The Balaban J connectivity index is 2.44. The lowest BCUT2D eigenvalue weighted by atomic mass is 10.2. The van der Waals surface area contributed by atoms with Gasteiger partial charge in [0.1, 0.15) is 12.1 Å². The van der Waals surface area contributed by atoms with Gasteiger partial charge in [0.2, 0.25) is 0 Å². The highest BCUT2D eigenvalue weighted by Crippen LogP contribution is 2.11. The molecule has 0 aliphatic rings. The van der Waals surface area contributed by atoms with Gasteiger partial charge >= 0.3 is 0 Å². The van der Waals surface area contributed by atoms with Crippen molar-refractivity contribution in [3.63, 3.8) is 0 Å². The zero-order chi connectivity index (χ0) is 10.8. The van der Waals surface area contributed by atoms with Gasteiger partial charge in [-0.1, -0.05) is 15.9 Å². The lowest BCUT2D eigenvalue weighted by Crippen LogP contribution is -1.96. The molecular formula is C11H12BrN3. The van der Waals surface area contributed by atoms with E-state index in [1.807, 2.05) is 23.8 Å². The monoisotopic (exact) mass is 265 g/mol. The van der Waals surface area contributed by atoms with Gasteiger partial charge in [-0.2, -0.15) is 0 Å². The highest BCUT2D eigenvalue weighted by Gasteiger charge is 2.02. The zero-order valence-electron chi connectivity index (χ0n) is 8.74. The maximum Gasteiger partial charge on any atom is 0.138 e. The van der Waals surface area contributed by atoms with Crippen LogP contribution in [-0.2, 0) is 5.33 Å². The summed E-state index contributed by atoms with van der Waals surface area (Å²) in [5.74, 6) is 0.923. The lowest BCUT2D eigenvalue weighted by Gasteiger charge is -2.03. The third-order valence-corrected chi connectivity index (χ3v) is 2.70. The topological polar surface area (TPSA) is 30.7 Å². The summed E-state index contributed by atoms with van der Waals surface area (Å²) in [5, 5.41) is 0.769. The minimum atomic E-state index is 0.769. The van der Waals surface area contributed by atoms with Gasteiger partial charge in [0.05, 0.1) is 5.69 Å². The Labute approximate surface area is 97.3 Å². The number of halogens is 1. The van der Waals surface area contributed by atoms with Crippen molar-refractivity contribution in [3.05, 3.63) is 41.6 Å². The van der Waals surface area contributed by atoms with Crippen LogP contribution < -0.4 is 0 Å². The molecule has 2 aromatic rings. The molecule has 0 aromatic carbocycles. The van der Waals surface area contributed by atoms with Crippen molar-refractivity contribution in [3.8, 4) is 5.82 Å². The summed E-state index contributed by atoms with van der Waals surface area (Å²) in [6, 6.07) is 4.11. The normalized spacial score (nSPS) is 10.6. The molecule has 0 N–H and O–H groups in total. The number of hydrogen-bond acceptors (Lipinski definition) is 2. The van der Waals surface area contributed by atoms with Crippen LogP contribution in [0.5, 0.6) is 0 Å². The maximum atomic E-state index is 4.46. The van der Waals surface area contributed by atoms with Gasteiger partial charge in [-0.05, 0) is 31.5 Å². The van der Waals surface area contributed by atoms with Crippen LogP contribution in [0.15, 0.2) is 24.7 Å². The number of aromatic nitrogens is 3. The van der Waals surface area contributed by atoms with Gasteiger partial charge in [-0.3, -0.25) is 4.57 Å². The summed E-state index contributed by atoms with van der Waals surface area (Å²) in [4.78, 5) is 8.71. The Kier molecular flexibility index (Phi) is 2.86. The highest BCUT2D eigenvalue weighted by atomic mass is 79.9. The third kappa shape index (κ3) is 2.26. The summed E-state index contributed by atoms with van der Waals surface area (Å²) < 4.78 is 1.94. The summed E-state index contributed by atoms with van der Waals surface area (Å²) >= 11 is 3.38. The van der Waals surface area contributed by atoms with E-state index in [2.05, 4.69) is 38.9 Å². The van der Waals surface area contributed by atoms with Gasteiger partial charge < -0.3 is 0 Å². The van der Waals surface area contributed by atoms with Crippen LogP contribution in [0, 0.1) is 13.8 Å². The number of alkyl halides is 1. The number of rotatable bonds is 2. The van der Waals surface area contributed by atoms with E-state index >= 15 is 0 Å². The van der Waals surface area contributed by atoms with Gasteiger partial charge in [0.25, 0.3) is 0 Å². The first-order valence-corrected chi connectivity index (χ1v) is 5.85. The van der Waals surface area contributed by atoms with Crippen LogP contribution in [0.4, 0.5) is 0 Å². The molecule has 0 aliphatic carbocycles. The number of nitrogens with zero attached hydrogens (tertiary/aromatic N) is 3. The minimum absolute atomic E-state index is 0.769. The van der Waals surface area contributed by atoms with E-state index in [0.717, 1.165) is 22.5 Å². The van der Waals surface area contributed by atoms with E-state index in [0.29, 0.717) is 0 Å². The minimum Gasteiger partial charge on any atom is -0.290 e. The fraction of sp³-hybridized carbons (Fsp3) is 0.273. The molecule has 0 spiro atoms. The molecule has 0 atom stereocenters. The Bertz CT molecular complexity index is 456. The SMILES string of the molecule is Cc1cc(C)nc(-n2cnc(CBr)c2)c1. The quantitative estimate of drug-likeness (QED) is 0.782. The lowest BCUT2D eigenvalue weighted by molar-refractivity contribution is 0.969. The van der Waals surface area contributed by atoms with E-state index in [1.54, 1.807) is 6.33 Å². The molecule has 0 saturated carbocycles. The molecule has 4 heteroatoms. The molecule has 2 heterocycles. The summed E-state index contributed by atoms with van der Waals surface area (Å²) in [7, 11) is 0. The van der Waals surface area contributed by atoms with Crippen molar-refractivity contribution in [2.75, 3.05) is 0 Å². The summed E-state index contributed by atoms with van der Waals surface area (Å²) in [6.45, 7) is 4.07. The third-order valence-electron chi connectivity index (χ3n) is 2.12. The predicted molar refractivity (Wildman–Crippen MR) is 63.5 cm³/mol. The predicted octanol–water partition coefficient (Wildman–Crippen LogP) is 2.78. The molecular weight excluding hydrogens is 254 g/mol. The first kappa shape index (κ1) is 10.4.